The van der Waals surface area contributed by atoms with Crippen LogP contribution in [0, 0.1) is 12.7 Å². The molecule has 0 radical (unpaired) electrons. The number of hydrogen-bond acceptors (Lipinski definition) is 4. The first-order chi connectivity index (χ1) is 15.3. The maximum absolute atomic E-state index is 13.6. The second-order valence-electron chi connectivity index (χ2n) is 7.62. The lowest BCUT2D eigenvalue weighted by Crippen LogP contribution is -2.41. The molecule has 1 atom stereocenters. The fourth-order valence-corrected chi connectivity index (χ4v) is 2.86. The van der Waals surface area contributed by atoms with Gasteiger partial charge in [0.05, 0.1) is 18.8 Å². The van der Waals surface area contributed by atoms with Crippen molar-refractivity contribution in [3.8, 4) is 5.75 Å². The number of aliphatic imine (C=N–C) groups is 1. The molecule has 0 aliphatic heterocycles. The van der Waals surface area contributed by atoms with E-state index in [-0.39, 0.29) is 24.1 Å². The highest BCUT2D eigenvalue weighted by atomic mass is 19.1. The number of aliphatic hydroxyl groups is 1. The van der Waals surface area contributed by atoms with Gasteiger partial charge in [-0.05, 0) is 63.1 Å². The molecule has 0 aliphatic rings. The smallest absolute Gasteiger partial charge is 0.251 e. The Morgan fingerprint density at radius 1 is 1.09 bits per heavy atom. The Morgan fingerprint density at radius 3 is 2.41 bits per heavy atom. The third kappa shape index (κ3) is 8.19. The summed E-state index contributed by atoms with van der Waals surface area (Å²) in [6.07, 6.45) is -0.665. The van der Waals surface area contributed by atoms with E-state index in [2.05, 4.69) is 20.9 Å². The minimum Gasteiger partial charge on any atom is -0.491 e. The van der Waals surface area contributed by atoms with E-state index < -0.39 is 11.9 Å². The van der Waals surface area contributed by atoms with Gasteiger partial charge in [0.15, 0.2) is 5.96 Å². The lowest BCUT2D eigenvalue weighted by molar-refractivity contribution is 0.0954. The normalized spacial score (nSPS) is 12.4. The minimum atomic E-state index is -0.755. The predicted octanol–water partition coefficient (Wildman–Crippen LogP) is 2.94. The quantitative estimate of drug-likeness (QED) is 0.257. The van der Waals surface area contributed by atoms with Gasteiger partial charge in [-0.15, -0.1) is 0 Å². The molecule has 8 heteroatoms. The van der Waals surface area contributed by atoms with E-state index >= 15 is 0 Å². The van der Waals surface area contributed by atoms with Crippen LogP contribution in [-0.2, 0) is 0 Å². The van der Waals surface area contributed by atoms with Crippen molar-refractivity contribution in [1.29, 1.82) is 0 Å². The maximum Gasteiger partial charge on any atom is 0.251 e. The standard InChI is InChI=1S/C24H33FN4O3/c1-5-26-24(28-13-12-27-23(31)19-7-6-17(4)21(25)14-19)29-15-22(30)18-8-10-20(11-9-18)32-16(2)3/h6-11,14,16,22,30H,5,12-13,15H2,1-4H3,(H,27,31)(H2,26,28,29). The molecule has 0 saturated carbocycles. The molecule has 0 bridgehead atoms. The van der Waals surface area contributed by atoms with Gasteiger partial charge in [0.1, 0.15) is 11.6 Å². The third-order valence-corrected chi connectivity index (χ3v) is 4.54. The van der Waals surface area contributed by atoms with E-state index in [0.29, 0.717) is 31.2 Å². The van der Waals surface area contributed by atoms with Crippen LogP contribution < -0.4 is 20.7 Å². The zero-order valence-electron chi connectivity index (χ0n) is 19.1. The number of nitrogens with one attached hydrogen (secondary N) is 3. The molecule has 174 valence electrons. The molecule has 0 spiro atoms. The SMILES string of the molecule is CCNC(=NCC(O)c1ccc(OC(C)C)cc1)NCCNC(=O)c1ccc(C)c(F)c1. The average molecular weight is 445 g/mol. The Balaban J connectivity index is 1.82. The van der Waals surface area contributed by atoms with E-state index in [1.54, 1.807) is 19.1 Å². The van der Waals surface area contributed by atoms with Crippen LogP contribution in [0.15, 0.2) is 47.5 Å². The summed E-state index contributed by atoms with van der Waals surface area (Å²) in [6.45, 7) is 9.08. The molecule has 4 N–H and O–H groups in total. The number of nitrogens with zero attached hydrogens (tertiary/aromatic N) is 1. The second kappa shape index (κ2) is 12.7. The topological polar surface area (TPSA) is 95.0 Å². The van der Waals surface area contributed by atoms with Gasteiger partial charge in [0.25, 0.3) is 5.91 Å². The Bertz CT molecular complexity index is 901. The highest BCUT2D eigenvalue weighted by Gasteiger charge is 2.10. The molecular weight excluding hydrogens is 411 g/mol. The van der Waals surface area contributed by atoms with Crippen LogP contribution in [0.3, 0.4) is 0 Å². The Hall–Kier alpha value is -3.13. The molecule has 7 nitrogen and oxygen atoms in total. The highest BCUT2D eigenvalue weighted by Crippen LogP contribution is 2.19. The van der Waals surface area contributed by atoms with Crippen molar-refractivity contribution in [2.24, 2.45) is 4.99 Å². The largest absolute Gasteiger partial charge is 0.491 e. The average Bonchev–Trinajstić information content (AvgIpc) is 2.76. The van der Waals surface area contributed by atoms with E-state index in [1.165, 1.54) is 6.07 Å². The molecule has 32 heavy (non-hydrogen) atoms. The Morgan fingerprint density at radius 2 is 1.78 bits per heavy atom. The van der Waals surface area contributed by atoms with Gasteiger partial charge in [0.2, 0.25) is 0 Å². The van der Waals surface area contributed by atoms with Crippen molar-refractivity contribution < 1.29 is 19.0 Å². The zero-order valence-corrected chi connectivity index (χ0v) is 19.1. The number of carbonyl (C=O) groups excluding carboxylic acids is 1. The van der Waals surface area contributed by atoms with E-state index in [9.17, 15) is 14.3 Å². The third-order valence-electron chi connectivity index (χ3n) is 4.54. The van der Waals surface area contributed by atoms with Crippen LogP contribution in [0.2, 0.25) is 0 Å². The van der Waals surface area contributed by atoms with Crippen LogP contribution in [0.1, 0.15) is 48.4 Å². The first kappa shape index (κ1) is 25.1. The summed E-state index contributed by atoms with van der Waals surface area (Å²) < 4.78 is 19.2. The Kier molecular flexibility index (Phi) is 9.94. The maximum atomic E-state index is 13.6. The van der Waals surface area contributed by atoms with Crippen molar-refractivity contribution in [2.45, 2.75) is 39.9 Å². The van der Waals surface area contributed by atoms with E-state index in [4.69, 9.17) is 4.74 Å². The summed E-state index contributed by atoms with van der Waals surface area (Å²) in [7, 11) is 0. The molecule has 1 amide bonds. The summed E-state index contributed by atoms with van der Waals surface area (Å²) in [6, 6.07) is 11.7. The second-order valence-corrected chi connectivity index (χ2v) is 7.62. The number of halogens is 1. The highest BCUT2D eigenvalue weighted by molar-refractivity contribution is 5.94. The number of aliphatic hydroxyl groups excluding tert-OH is 1. The minimum absolute atomic E-state index is 0.0898. The number of aryl methyl sites for hydroxylation is 1. The van der Waals surface area contributed by atoms with Gasteiger partial charge in [-0.1, -0.05) is 18.2 Å². The molecule has 2 aromatic rings. The monoisotopic (exact) mass is 444 g/mol. The van der Waals surface area contributed by atoms with Gasteiger partial charge in [0, 0.05) is 25.2 Å². The van der Waals surface area contributed by atoms with Crippen LogP contribution in [0.5, 0.6) is 5.75 Å². The molecule has 0 aromatic heterocycles. The van der Waals surface area contributed by atoms with Crippen LogP contribution in [-0.4, -0.2) is 49.3 Å². The number of rotatable bonds is 10. The van der Waals surface area contributed by atoms with Crippen molar-refractivity contribution in [1.82, 2.24) is 16.0 Å². The Labute approximate surface area is 189 Å². The number of hydrogen-bond donors (Lipinski definition) is 4. The van der Waals surface area contributed by atoms with Gasteiger partial charge in [-0.25, -0.2) is 4.39 Å². The molecule has 2 aromatic carbocycles. The van der Waals surface area contributed by atoms with Crippen molar-refractivity contribution in [3.63, 3.8) is 0 Å². The van der Waals surface area contributed by atoms with E-state index in [0.717, 1.165) is 11.3 Å². The van der Waals surface area contributed by atoms with Gasteiger partial charge in [-0.3, -0.25) is 9.79 Å². The van der Waals surface area contributed by atoms with Crippen molar-refractivity contribution in [2.75, 3.05) is 26.2 Å². The van der Waals surface area contributed by atoms with Crippen molar-refractivity contribution in [3.05, 3.63) is 65.0 Å². The van der Waals surface area contributed by atoms with Gasteiger partial charge in [-0.2, -0.15) is 0 Å². The zero-order chi connectivity index (χ0) is 23.5. The first-order valence-electron chi connectivity index (χ1n) is 10.8. The summed E-state index contributed by atoms with van der Waals surface area (Å²) >= 11 is 0. The first-order valence-corrected chi connectivity index (χ1v) is 10.8. The lowest BCUT2D eigenvalue weighted by atomic mass is 10.1. The number of benzene rings is 2. The molecule has 0 fully saturated rings. The fraction of sp³-hybridized carbons (Fsp3) is 0.417. The molecule has 0 aliphatic carbocycles. The van der Waals surface area contributed by atoms with Gasteiger partial charge >= 0.3 is 0 Å². The summed E-state index contributed by atoms with van der Waals surface area (Å²) in [5, 5.41) is 19.4. The van der Waals surface area contributed by atoms with Crippen LogP contribution in [0.25, 0.3) is 0 Å². The van der Waals surface area contributed by atoms with Gasteiger partial charge < -0.3 is 25.8 Å². The molecule has 0 saturated heterocycles. The molecular formula is C24H33FN4O3. The number of ether oxygens (including phenoxy) is 1. The van der Waals surface area contributed by atoms with Crippen molar-refractivity contribution >= 4 is 11.9 Å². The van der Waals surface area contributed by atoms with Crippen LogP contribution in [0.4, 0.5) is 4.39 Å². The summed E-state index contributed by atoms with van der Waals surface area (Å²) in [4.78, 5) is 16.5. The van der Waals surface area contributed by atoms with Crippen LogP contribution >= 0.6 is 0 Å². The van der Waals surface area contributed by atoms with E-state index in [1.807, 2.05) is 45.0 Å². The number of amides is 1. The summed E-state index contributed by atoms with van der Waals surface area (Å²) in [5.41, 5.74) is 1.52. The molecule has 2 rings (SSSR count). The molecule has 0 heterocycles. The summed E-state index contributed by atoms with van der Waals surface area (Å²) in [5.74, 6) is 0.540. The molecule has 1 unspecified atom stereocenters. The number of carbonyl (C=O) groups is 1. The number of guanidine groups is 1. The predicted molar refractivity (Wildman–Crippen MR) is 125 cm³/mol. The fourth-order valence-electron chi connectivity index (χ4n) is 2.86. The lowest BCUT2D eigenvalue weighted by Gasteiger charge is -2.14.